The highest BCUT2D eigenvalue weighted by Crippen LogP contribution is 2.23. The first-order chi connectivity index (χ1) is 13.6. The van der Waals surface area contributed by atoms with Crippen LogP contribution >= 0.6 is 0 Å². The number of benzene rings is 2. The summed E-state index contributed by atoms with van der Waals surface area (Å²) >= 11 is 0. The van der Waals surface area contributed by atoms with Crippen molar-refractivity contribution in [1.82, 2.24) is 14.7 Å². The molecule has 28 heavy (non-hydrogen) atoms. The first kappa shape index (κ1) is 18.6. The summed E-state index contributed by atoms with van der Waals surface area (Å²) in [6.45, 7) is 1.73. The molecule has 0 amide bonds. The molecule has 2 atom stereocenters. The summed E-state index contributed by atoms with van der Waals surface area (Å²) in [5, 5.41) is 14.9. The average Bonchev–Trinajstić information content (AvgIpc) is 3.12. The van der Waals surface area contributed by atoms with Crippen molar-refractivity contribution in [3.63, 3.8) is 0 Å². The molecule has 0 unspecified atom stereocenters. The quantitative estimate of drug-likeness (QED) is 0.733. The number of hydrogen-bond donors (Lipinski definition) is 1. The first-order valence-corrected chi connectivity index (χ1v) is 9.20. The minimum absolute atomic E-state index is 0.0946. The molecular formula is C21H21F2N3O2. The molecule has 1 aliphatic heterocycles. The van der Waals surface area contributed by atoms with Crippen LogP contribution in [0.25, 0.3) is 5.69 Å². The number of para-hydroxylation sites is 1. The van der Waals surface area contributed by atoms with Gasteiger partial charge < -0.3 is 9.84 Å². The zero-order chi connectivity index (χ0) is 19.5. The molecule has 5 nitrogen and oxygen atoms in total. The number of aromatic nitrogens is 2. The van der Waals surface area contributed by atoms with E-state index in [4.69, 9.17) is 4.74 Å². The third-order valence-electron chi connectivity index (χ3n) is 4.84. The number of aliphatic hydroxyl groups is 1. The van der Waals surface area contributed by atoms with Crippen molar-refractivity contribution in [2.24, 2.45) is 0 Å². The molecule has 2 aromatic carbocycles. The maximum Gasteiger partial charge on any atom is 0.129 e. The van der Waals surface area contributed by atoms with E-state index in [2.05, 4.69) is 10.00 Å². The molecule has 7 heteroatoms. The third-order valence-corrected chi connectivity index (χ3v) is 4.84. The van der Waals surface area contributed by atoms with Crippen LogP contribution in [0, 0.1) is 11.6 Å². The van der Waals surface area contributed by atoms with Crippen LogP contribution in [0.5, 0.6) is 5.75 Å². The molecule has 0 radical (unpaired) electrons. The van der Waals surface area contributed by atoms with Gasteiger partial charge in [-0.3, -0.25) is 4.90 Å². The average molecular weight is 385 g/mol. The van der Waals surface area contributed by atoms with Crippen molar-refractivity contribution in [1.29, 1.82) is 0 Å². The van der Waals surface area contributed by atoms with Crippen LogP contribution in [-0.2, 0) is 6.54 Å². The van der Waals surface area contributed by atoms with Crippen LogP contribution in [0.15, 0.2) is 60.8 Å². The predicted molar refractivity (Wildman–Crippen MR) is 100 cm³/mol. The normalized spacial score (nSPS) is 20.2. The monoisotopic (exact) mass is 385 g/mol. The van der Waals surface area contributed by atoms with Crippen molar-refractivity contribution in [2.45, 2.75) is 25.2 Å². The van der Waals surface area contributed by atoms with Gasteiger partial charge in [0.05, 0.1) is 11.4 Å². The Morgan fingerprint density at radius 1 is 1.07 bits per heavy atom. The van der Waals surface area contributed by atoms with E-state index in [1.54, 1.807) is 6.20 Å². The van der Waals surface area contributed by atoms with E-state index in [1.165, 1.54) is 0 Å². The van der Waals surface area contributed by atoms with E-state index in [1.807, 2.05) is 41.1 Å². The van der Waals surface area contributed by atoms with Gasteiger partial charge in [-0.05, 0) is 24.6 Å². The molecule has 1 saturated heterocycles. The molecule has 1 aromatic heterocycles. The fourth-order valence-corrected chi connectivity index (χ4v) is 3.51. The van der Waals surface area contributed by atoms with E-state index in [0.717, 1.165) is 29.6 Å². The van der Waals surface area contributed by atoms with Crippen LogP contribution in [0.1, 0.15) is 12.1 Å². The number of hydrogen-bond acceptors (Lipinski definition) is 4. The van der Waals surface area contributed by atoms with E-state index >= 15 is 0 Å². The fraction of sp³-hybridized carbons (Fsp3) is 0.286. The molecule has 4 rings (SSSR count). The highest BCUT2D eigenvalue weighted by atomic mass is 19.1. The minimum Gasteiger partial charge on any atom is -0.487 e. The van der Waals surface area contributed by atoms with Gasteiger partial charge >= 0.3 is 0 Å². The van der Waals surface area contributed by atoms with Gasteiger partial charge in [0.25, 0.3) is 0 Å². The minimum atomic E-state index is -0.756. The van der Waals surface area contributed by atoms with Crippen molar-refractivity contribution >= 4 is 0 Å². The summed E-state index contributed by atoms with van der Waals surface area (Å²) in [6, 6.07) is 14.9. The number of rotatable bonds is 5. The summed E-state index contributed by atoms with van der Waals surface area (Å²) in [4.78, 5) is 2.12. The summed E-state index contributed by atoms with van der Waals surface area (Å²) < 4.78 is 34.2. The number of nitrogens with zero attached hydrogens (tertiary/aromatic N) is 3. The predicted octanol–water partition coefficient (Wildman–Crippen LogP) is 3.16. The van der Waals surface area contributed by atoms with Gasteiger partial charge in [-0.25, -0.2) is 13.5 Å². The van der Waals surface area contributed by atoms with Gasteiger partial charge in [0.2, 0.25) is 0 Å². The lowest BCUT2D eigenvalue weighted by molar-refractivity contribution is -0.0281. The summed E-state index contributed by atoms with van der Waals surface area (Å²) in [5.41, 5.74) is 2.00. The number of β-amino-alcohol motifs (C(OH)–C–C–N with tert-alkyl or cyclic N) is 1. The Bertz CT molecular complexity index is 912. The molecule has 146 valence electrons. The Labute approximate surface area is 161 Å². The molecular weight excluding hydrogens is 364 g/mol. The molecule has 0 aliphatic carbocycles. The Kier molecular flexibility index (Phi) is 5.36. The molecule has 0 bridgehead atoms. The Hall–Kier alpha value is -2.77. The van der Waals surface area contributed by atoms with Crippen LogP contribution in [0.2, 0.25) is 0 Å². The summed E-state index contributed by atoms with van der Waals surface area (Å²) in [6.07, 6.45) is 1.05. The van der Waals surface area contributed by atoms with Gasteiger partial charge in [0.1, 0.15) is 29.6 Å². The summed E-state index contributed by atoms with van der Waals surface area (Å²) in [5.74, 6) is -1.30. The van der Waals surface area contributed by atoms with Gasteiger partial charge in [-0.2, -0.15) is 5.10 Å². The standard InChI is InChI=1S/C21H21F2N3O2/c22-15-10-16(23)12-19(11-15)28-21-7-9-25(14-20(21)27)13-18-6-8-24-26(18)17-4-2-1-3-5-17/h1-6,8,10-12,20-21,27H,7,9,13-14H2/t20-,21-/m1/s1. The second kappa shape index (κ2) is 8.08. The van der Waals surface area contributed by atoms with Gasteiger partial charge in [-0.1, -0.05) is 18.2 Å². The van der Waals surface area contributed by atoms with E-state index in [0.29, 0.717) is 26.1 Å². The Morgan fingerprint density at radius 2 is 1.82 bits per heavy atom. The van der Waals surface area contributed by atoms with Gasteiger partial charge in [0, 0.05) is 44.0 Å². The van der Waals surface area contributed by atoms with Gasteiger partial charge in [-0.15, -0.1) is 0 Å². The van der Waals surface area contributed by atoms with Crippen LogP contribution in [0.3, 0.4) is 0 Å². The highest BCUT2D eigenvalue weighted by Gasteiger charge is 2.30. The Morgan fingerprint density at radius 3 is 2.54 bits per heavy atom. The lowest BCUT2D eigenvalue weighted by Crippen LogP contribution is -2.48. The number of piperidine rings is 1. The first-order valence-electron chi connectivity index (χ1n) is 9.20. The zero-order valence-electron chi connectivity index (χ0n) is 15.2. The largest absolute Gasteiger partial charge is 0.487 e. The number of likely N-dealkylation sites (tertiary alicyclic amines) is 1. The van der Waals surface area contributed by atoms with Crippen LogP contribution in [-0.4, -0.2) is 45.1 Å². The molecule has 1 aliphatic rings. The number of ether oxygens (including phenoxy) is 1. The second-order valence-electron chi connectivity index (χ2n) is 6.92. The maximum absolute atomic E-state index is 13.3. The van der Waals surface area contributed by atoms with E-state index in [9.17, 15) is 13.9 Å². The second-order valence-corrected chi connectivity index (χ2v) is 6.92. The fourth-order valence-electron chi connectivity index (χ4n) is 3.51. The number of aliphatic hydroxyl groups excluding tert-OH is 1. The van der Waals surface area contributed by atoms with Crippen molar-refractivity contribution in [3.8, 4) is 11.4 Å². The zero-order valence-corrected chi connectivity index (χ0v) is 15.2. The molecule has 1 N–H and O–H groups in total. The number of halogens is 2. The highest BCUT2D eigenvalue weighted by molar-refractivity contribution is 5.32. The van der Waals surface area contributed by atoms with Crippen LogP contribution in [0.4, 0.5) is 8.78 Å². The summed E-state index contributed by atoms with van der Waals surface area (Å²) in [7, 11) is 0. The van der Waals surface area contributed by atoms with Crippen LogP contribution < -0.4 is 4.74 Å². The van der Waals surface area contributed by atoms with Crippen molar-refractivity contribution in [2.75, 3.05) is 13.1 Å². The Balaban J connectivity index is 1.39. The van der Waals surface area contributed by atoms with Gasteiger partial charge in [0.15, 0.2) is 0 Å². The topological polar surface area (TPSA) is 50.5 Å². The molecule has 0 spiro atoms. The van der Waals surface area contributed by atoms with Crippen molar-refractivity contribution in [3.05, 3.63) is 78.1 Å². The molecule has 0 saturated carbocycles. The molecule has 1 fully saturated rings. The van der Waals surface area contributed by atoms with E-state index in [-0.39, 0.29) is 5.75 Å². The molecule has 3 aromatic rings. The van der Waals surface area contributed by atoms with Crippen molar-refractivity contribution < 1.29 is 18.6 Å². The third kappa shape index (κ3) is 4.21. The lowest BCUT2D eigenvalue weighted by atomic mass is 10.0. The SMILES string of the molecule is O[C@@H]1CN(Cc2ccnn2-c2ccccc2)CC[C@H]1Oc1cc(F)cc(F)c1. The molecule has 2 heterocycles. The smallest absolute Gasteiger partial charge is 0.129 e. The maximum atomic E-state index is 13.3. The lowest BCUT2D eigenvalue weighted by Gasteiger charge is -2.35. The van der Waals surface area contributed by atoms with E-state index < -0.39 is 23.8 Å².